The van der Waals surface area contributed by atoms with Crippen molar-refractivity contribution in [2.75, 3.05) is 5.32 Å². The molecule has 0 saturated carbocycles. The highest BCUT2D eigenvalue weighted by atomic mass is 35.5. The Morgan fingerprint density at radius 3 is 2.36 bits per heavy atom. The van der Waals surface area contributed by atoms with Crippen LogP contribution in [0.15, 0.2) is 46.9 Å². The van der Waals surface area contributed by atoms with Gasteiger partial charge in [-0.2, -0.15) is 13.2 Å². The van der Waals surface area contributed by atoms with Gasteiger partial charge in [0.15, 0.2) is 0 Å². The maximum atomic E-state index is 13.1. The van der Waals surface area contributed by atoms with E-state index >= 15 is 0 Å². The SMILES string of the molecule is Fc1ccc(NCc2ccc(-c3nnc(C(F)(F)F)o3)cc2)cc1Cl. The number of alkyl halides is 3. The summed E-state index contributed by atoms with van der Waals surface area (Å²) in [4.78, 5) is 0. The average molecular weight is 372 g/mol. The van der Waals surface area contributed by atoms with Crippen molar-refractivity contribution in [2.45, 2.75) is 12.7 Å². The van der Waals surface area contributed by atoms with Crippen LogP contribution in [0.3, 0.4) is 0 Å². The third-order valence-electron chi connectivity index (χ3n) is 3.28. The van der Waals surface area contributed by atoms with Gasteiger partial charge in [-0.15, -0.1) is 10.2 Å². The van der Waals surface area contributed by atoms with Crippen molar-refractivity contribution in [3.63, 3.8) is 0 Å². The number of rotatable bonds is 4. The van der Waals surface area contributed by atoms with Crippen LogP contribution in [-0.2, 0) is 12.7 Å². The lowest BCUT2D eigenvalue weighted by atomic mass is 10.1. The highest BCUT2D eigenvalue weighted by Gasteiger charge is 2.38. The monoisotopic (exact) mass is 371 g/mol. The molecule has 0 fully saturated rings. The molecule has 2 aromatic carbocycles. The summed E-state index contributed by atoms with van der Waals surface area (Å²) in [5.41, 5.74) is 1.86. The minimum atomic E-state index is -4.68. The quantitative estimate of drug-likeness (QED) is 0.644. The normalized spacial score (nSPS) is 11.6. The van der Waals surface area contributed by atoms with E-state index in [1.165, 1.54) is 12.1 Å². The minimum Gasteiger partial charge on any atom is -0.413 e. The van der Waals surface area contributed by atoms with Crippen LogP contribution >= 0.6 is 11.6 Å². The van der Waals surface area contributed by atoms with E-state index in [4.69, 9.17) is 11.6 Å². The summed E-state index contributed by atoms with van der Waals surface area (Å²) in [6.45, 7) is 0.417. The summed E-state index contributed by atoms with van der Waals surface area (Å²) >= 11 is 5.70. The Labute approximate surface area is 144 Å². The van der Waals surface area contributed by atoms with E-state index in [-0.39, 0.29) is 10.9 Å². The van der Waals surface area contributed by atoms with E-state index in [9.17, 15) is 17.6 Å². The van der Waals surface area contributed by atoms with Gasteiger partial charge in [-0.25, -0.2) is 4.39 Å². The lowest BCUT2D eigenvalue weighted by Gasteiger charge is -2.07. The summed E-state index contributed by atoms with van der Waals surface area (Å²) in [6.07, 6.45) is -4.68. The fraction of sp³-hybridized carbons (Fsp3) is 0.125. The molecule has 4 nitrogen and oxygen atoms in total. The third kappa shape index (κ3) is 4.08. The standard InChI is InChI=1S/C16H10ClF4N3O/c17-12-7-11(5-6-13(12)18)22-8-9-1-3-10(4-2-9)14-23-24-15(25-14)16(19,20)21/h1-7,22H,8H2. The molecule has 25 heavy (non-hydrogen) atoms. The maximum Gasteiger partial charge on any atom is 0.470 e. The minimum absolute atomic E-state index is 0.0113. The smallest absolute Gasteiger partial charge is 0.413 e. The molecular weight excluding hydrogens is 362 g/mol. The zero-order valence-electron chi connectivity index (χ0n) is 12.4. The van der Waals surface area contributed by atoms with Gasteiger partial charge >= 0.3 is 12.1 Å². The summed E-state index contributed by atoms with van der Waals surface area (Å²) < 4.78 is 55.1. The Bertz CT molecular complexity index is 878. The number of hydrogen-bond donors (Lipinski definition) is 1. The molecule has 9 heteroatoms. The second-order valence-corrected chi connectivity index (χ2v) is 5.50. The Balaban J connectivity index is 1.68. The van der Waals surface area contributed by atoms with Crippen molar-refractivity contribution in [3.05, 3.63) is 64.8 Å². The van der Waals surface area contributed by atoms with Gasteiger partial charge < -0.3 is 9.73 Å². The highest BCUT2D eigenvalue weighted by Crippen LogP contribution is 2.30. The molecule has 0 aliphatic rings. The van der Waals surface area contributed by atoms with Gasteiger partial charge in [-0.3, -0.25) is 0 Å². The number of hydrogen-bond acceptors (Lipinski definition) is 4. The zero-order valence-corrected chi connectivity index (χ0v) is 13.2. The van der Waals surface area contributed by atoms with Crippen molar-refractivity contribution in [3.8, 4) is 11.5 Å². The average Bonchev–Trinajstić information content (AvgIpc) is 3.07. The first-order valence-electron chi connectivity index (χ1n) is 7.02. The number of benzene rings is 2. The number of anilines is 1. The predicted molar refractivity (Wildman–Crippen MR) is 83.5 cm³/mol. The van der Waals surface area contributed by atoms with Crippen LogP contribution in [0.5, 0.6) is 0 Å². The zero-order chi connectivity index (χ0) is 18.0. The van der Waals surface area contributed by atoms with E-state index in [0.717, 1.165) is 5.56 Å². The van der Waals surface area contributed by atoms with Gasteiger partial charge in [-0.05, 0) is 35.9 Å². The summed E-state index contributed by atoms with van der Waals surface area (Å²) in [5, 5.41) is 9.44. The number of nitrogens with zero attached hydrogens (tertiary/aromatic N) is 2. The predicted octanol–water partition coefficient (Wildman–Crippen LogP) is 5.16. The molecule has 1 aromatic heterocycles. The Morgan fingerprint density at radius 2 is 1.76 bits per heavy atom. The number of aromatic nitrogens is 2. The first kappa shape index (κ1) is 17.2. The first-order chi connectivity index (χ1) is 11.8. The van der Waals surface area contributed by atoms with E-state index in [1.54, 1.807) is 30.3 Å². The van der Waals surface area contributed by atoms with Gasteiger partial charge in [0.25, 0.3) is 0 Å². The van der Waals surface area contributed by atoms with Crippen LogP contribution in [0.1, 0.15) is 11.5 Å². The Hall–Kier alpha value is -2.61. The lowest BCUT2D eigenvalue weighted by Crippen LogP contribution is -2.04. The van der Waals surface area contributed by atoms with E-state index in [2.05, 4.69) is 19.9 Å². The van der Waals surface area contributed by atoms with Gasteiger partial charge in [-0.1, -0.05) is 23.7 Å². The molecule has 0 amide bonds. The molecule has 0 aliphatic carbocycles. The Morgan fingerprint density at radius 1 is 1.04 bits per heavy atom. The molecule has 130 valence electrons. The second-order valence-electron chi connectivity index (χ2n) is 5.09. The van der Waals surface area contributed by atoms with E-state index < -0.39 is 17.9 Å². The fourth-order valence-electron chi connectivity index (χ4n) is 2.03. The molecule has 0 radical (unpaired) electrons. The molecule has 3 aromatic rings. The van der Waals surface area contributed by atoms with Crippen molar-refractivity contribution in [2.24, 2.45) is 0 Å². The van der Waals surface area contributed by atoms with Gasteiger partial charge in [0.2, 0.25) is 5.89 Å². The van der Waals surface area contributed by atoms with E-state index in [0.29, 0.717) is 17.8 Å². The molecule has 1 heterocycles. The summed E-state index contributed by atoms with van der Waals surface area (Å²) in [6, 6.07) is 10.8. The molecule has 0 bridgehead atoms. The molecule has 0 spiro atoms. The van der Waals surface area contributed by atoms with Crippen LogP contribution in [0.25, 0.3) is 11.5 Å². The van der Waals surface area contributed by atoms with Crippen LogP contribution < -0.4 is 5.32 Å². The third-order valence-corrected chi connectivity index (χ3v) is 3.57. The molecule has 0 saturated heterocycles. The second kappa shape index (κ2) is 6.72. The van der Waals surface area contributed by atoms with Crippen molar-refractivity contribution >= 4 is 17.3 Å². The molecular formula is C16H10ClF4N3O. The summed E-state index contributed by atoms with van der Waals surface area (Å²) in [7, 11) is 0. The van der Waals surface area contributed by atoms with Crippen LogP contribution in [-0.4, -0.2) is 10.2 Å². The topological polar surface area (TPSA) is 51.0 Å². The number of nitrogens with one attached hydrogen (secondary N) is 1. The van der Waals surface area contributed by atoms with Gasteiger partial charge in [0.05, 0.1) is 5.02 Å². The highest BCUT2D eigenvalue weighted by molar-refractivity contribution is 6.31. The first-order valence-corrected chi connectivity index (χ1v) is 7.39. The summed E-state index contributed by atoms with van der Waals surface area (Å²) in [5.74, 6) is -2.10. The molecule has 3 rings (SSSR count). The largest absolute Gasteiger partial charge is 0.470 e. The van der Waals surface area contributed by atoms with Crippen molar-refractivity contribution < 1.29 is 22.0 Å². The van der Waals surface area contributed by atoms with Crippen LogP contribution in [0, 0.1) is 5.82 Å². The molecule has 0 atom stereocenters. The lowest BCUT2D eigenvalue weighted by molar-refractivity contribution is -0.156. The molecule has 0 unspecified atom stereocenters. The Kier molecular flexibility index (Phi) is 4.63. The van der Waals surface area contributed by atoms with Crippen molar-refractivity contribution in [1.82, 2.24) is 10.2 Å². The van der Waals surface area contributed by atoms with Gasteiger partial charge in [0.1, 0.15) is 5.82 Å². The van der Waals surface area contributed by atoms with Gasteiger partial charge in [0, 0.05) is 17.8 Å². The van der Waals surface area contributed by atoms with Crippen LogP contribution in [0.4, 0.5) is 23.2 Å². The molecule has 0 aliphatic heterocycles. The van der Waals surface area contributed by atoms with Crippen molar-refractivity contribution in [1.29, 1.82) is 0 Å². The fourth-order valence-corrected chi connectivity index (χ4v) is 2.21. The maximum absolute atomic E-state index is 13.1. The molecule has 1 N–H and O–H groups in total. The van der Waals surface area contributed by atoms with E-state index in [1.807, 2.05) is 0 Å². The number of halogens is 5. The van der Waals surface area contributed by atoms with Crippen LogP contribution in [0.2, 0.25) is 5.02 Å².